The number of hydrogen-bond acceptors (Lipinski definition) is 5. The minimum Gasteiger partial charge on any atom is -0.481 e. The SMILES string of the molecule is O=C(COc1ccccc1F)Nc1sc2c(c1C(=O)NCC1CCCO1)CCCC2. The van der Waals surface area contributed by atoms with Crippen LogP contribution in [-0.2, 0) is 22.4 Å². The molecule has 2 heterocycles. The van der Waals surface area contributed by atoms with E-state index >= 15 is 0 Å². The Morgan fingerprint density at radius 3 is 2.83 bits per heavy atom. The summed E-state index contributed by atoms with van der Waals surface area (Å²) in [5.41, 5.74) is 1.58. The lowest BCUT2D eigenvalue weighted by Gasteiger charge is -2.15. The van der Waals surface area contributed by atoms with E-state index < -0.39 is 11.7 Å². The van der Waals surface area contributed by atoms with E-state index in [0.29, 0.717) is 17.1 Å². The summed E-state index contributed by atoms with van der Waals surface area (Å²) in [7, 11) is 0. The molecule has 30 heavy (non-hydrogen) atoms. The van der Waals surface area contributed by atoms with Gasteiger partial charge in [-0.05, 0) is 56.2 Å². The Balaban J connectivity index is 1.45. The number of halogens is 1. The highest BCUT2D eigenvalue weighted by atomic mass is 32.1. The van der Waals surface area contributed by atoms with Crippen molar-refractivity contribution in [1.82, 2.24) is 5.32 Å². The Morgan fingerprint density at radius 2 is 2.03 bits per heavy atom. The molecule has 1 fully saturated rings. The van der Waals surface area contributed by atoms with Gasteiger partial charge < -0.3 is 20.1 Å². The zero-order valence-corrected chi connectivity index (χ0v) is 17.5. The first-order chi connectivity index (χ1) is 14.6. The van der Waals surface area contributed by atoms with E-state index in [2.05, 4.69) is 10.6 Å². The van der Waals surface area contributed by atoms with Crippen LogP contribution in [0, 0.1) is 5.82 Å². The quantitative estimate of drug-likeness (QED) is 0.700. The molecule has 0 spiro atoms. The maximum Gasteiger partial charge on any atom is 0.262 e. The van der Waals surface area contributed by atoms with Crippen LogP contribution in [0.25, 0.3) is 0 Å². The van der Waals surface area contributed by atoms with Crippen molar-refractivity contribution in [1.29, 1.82) is 0 Å². The van der Waals surface area contributed by atoms with Gasteiger partial charge in [-0.3, -0.25) is 9.59 Å². The van der Waals surface area contributed by atoms with E-state index in [4.69, 9.17) is 9.47 Å². The first kappa shape index (κ1) is 20.8. The predicted molar refractivity (Wildman–Crippen MR) is 113 cm³/mol. The van der Waals surface area contributed by atoms with Gasteiger partial charge in [-0.1, -0.05) is 12.1 Å². The van der Waals surface area contributed by atoms with Crippen molar-refractivity contribution in [2.45, 2.75) is 44.6 Å². The van der Waals surface area contributed by atoms with Gasteiger partial charge in [0.15, 0.2) is 18.2 Å². The molecular weight excluding hydrogens is 407 g/mol. The van der Waals surface area contributed by atoms with Crippen molar-refractivity contribution in [2.24, 2.45) is 0 Å². The van der Waals surface area contributed by atoms with Crippen LogP contribution in [0.15, 0.2) is 24.3 Å². The van der Waals surface area contributed by atoms with Gasteiger partial charge >= 0.3 is 0 Å². The summed E-state index contributed by atoms with van der Waals surface area (Å²) in [6.07, 6.45) is 5.85. The highest BCUT2D eigenvalue weighted by molar-refractivity contribution is 7.17. The number of carbonyl (C=O) groups excluding carboxylic acids is 2. The largest absolute Gasteiger partial charge is 0.481 e. The van der Waals surface area contributed by atoms with Crippen LogP contribution in [0.1, 0.15) is 46.5 Å². The number of hydrogen-bond donors (Lipinski definition) is 2. The number of anilines is 1. The summed E-state index contributed by atoms with van der Waals surface area (Å²) in [6.45, 7) is 0.866. The Kier molecular flexibility index (Phi) is 6.64. The Hall–Kier alpha value is -2.45. The fourth-order valence-electron chi connectivity index (χ4n) is 3.86. The lowest BCUT2D eigenvalue weighted by Crippen LogP contribution is -2.33. The molecule has 0 saturated carbocycles. The monoisotopic (exact) mass is 432 g/mol. The predicted octanol–water partition coefficient (Wildman–Crippen LogP) is 3.69. The molecule has 2 aromatic rings. The molecule has 1 atom stereocenters. The second kappa shape index (κ2) is 9.57. The fourth-order valence-corrected chi connectivity index (χ4v) is 5.17. The van der Waals surface area contributed by atoms with Crippen LogP contribution >= 0.6 is 11.3 Å². The highest BCUT2D eigenvalue weighted by Gasteiger charge is 2.27. The van der Waals surface area contributed by atoms with Crippen molar-refractivity contribution in [3.05, 3.63) is 46.1 Å². The van der Waals surface area contributed by atoms with Crippen molar-refractivity contribution in [2.75, 3.05) is 25.1 Å². The number of ether oxygens (including phenoxy) is 2. The third-order valence-corrected chi connectivity index (χ3v) is 6.57. The standard InChI is InChI=1S/C22H25FN2O4S/c23-16-8-2-3-9-17(16)29-13-19(26)25-22-20(15-7-1-4-10-18(15)30-22)21(27)24-12-14-6-5-11-28-14/h2-3,8-9,14H,1,4-7,10-13H2,(H,24,27)(H,25,26). The first-order valence-corrected chi connectivity index (χ1v) is 11.1. The van der Waals surface area contributed by atoms with E-state index in [1.54, 1.807) is 12.1 Å². The van der Waals surface area contributed by atoms with E-state index in [1.165, 1.54) is 23.5 Å². The number of nitrogens with one attached hydrogen (secondary N) is 2. The number of amides is 2. The van der Waals surface area contributed by atoms with Crippen molar-refractivity contribution in [3.8, 4) is 5.75 Å². The molecule has 1 aromatic heterocycles. The van der Waals surface area contributed by atoms with Gasteiger partial charge in [0.2, 0.25) is 0 Å². The molecule has 0 bridgehead atoms. The third kappa shape index (κ3) is 4.82. The van der Waals surface area contributed by atoms with E-state index in [9.17, 15) is 14.0 Å². The van der Waals surface area contributed by atoms with Gasteiger partial charge in [-0.25, -0.2) is 4.39 Å². The number of thiophene rings is 1. The average Bonchev–Trinajstić information content (AvgIpc) is 3.39. The van der Waals surface area contributed by atoms with Gasteiger partial charge in [-0.15, -0.1) is 11.3 Å². The molecule has 1 saturated heterocycles. The minimum atomic E-state index is -0.522. The number of fused-ring (bicyclic) bond motifs is 1. The molecule has 1 aliphatic carbocycles. The smallest absolute Gasteiger partial charge is 0.262 e. The first-order valence-electron chi connectivity index (χ1n) is 10.3. The lowest BCUT2D eigenvalue weighted by atomic mass is 9.95. The average molecular weight is 433 g/mol. The molecule has 1 aromatic carbocycles. The summed E-state index contributed by atoms with van der Waals surface area (Å²) in [4.78, 5) is 26.6. The van der Waals surface area contributed by atoms with Gasteiger partial charge in [0.25, 0.3) is 11.8 Å². The maximum atomic E-state index is 13.7. The van der Waals surface area contributed by atoms with Gasteiger partial charge in [0.05, 0.1) is 11.7 Å². The molecule has 2 aliphatic rings. The van der Waals surface area contributed by atoms with Gasteiger partial charge in [-0.2, -0.15) is 0 Å². The normalized spacial score (nSPS) is 18.0. The van der Waals surface area contributed by atoms with E-state index in [1.807, 2.05) is 0 Å². The van der Waals surface area contributed by atoms with E-state index in [0.717, 1.165) is 55.6 Å². The molecule has 6 nitrogen and oxygen atoms in total. The molecule has 8 heteroatoms. The van der Waals surface area contributed by atoms with Crippen LogP contribution in [0.2, 0.25) is 0 Å². The highest BCUT2D eigenvalue weighted by Crippen LogP contribution is 2.38. The van der Waals surface area contributed by atoms with Gasteiger partial charge in [0, 0.05) is 18.0 Å². The molecule has 1 unspecified atom stereocenters. The molecule has 160 valence electrons. The molecular formula is C22H25FN2O4S. The molecule has 2 amide bonds. The maximum absolute atomic E-state index is 13.7. The van der Waals surface area contributed by atoms with E-state index in [-0.39, 0.29) is 24.4 Å². The Bertz CT molecular complexity index is 924. The Labute approximate surface area is 178 Å². The number of carbonyl (C=O) groups is 2. The molecule has 0 radical (unpaired) electrons. The number of aryl methyl sites for hydroxylation is 1. The van der Waals surface area contributed by atoms with Crippen LogP contribution in [0.5, 0.6) is 5.75 Å². The summed E-state index contributed by atoms with van der Waals surface area (Å²) in [5.74, 6) is -1.11. The number of benzene rings is 1. The zero-order valence-electron chi connectivity index (χ0n) is 16.7. The summed E-state index contributed by atoms with van der Waals surface area (Å²) < 4.78 is 24.6. The van der Waals surface area contributed by atoms with Crippen molar-refractivity contribution < 1.29 is 23.5 Å². The zero-order chi connectivity index (χ0) is 20.9. The third-order valence-electron chi connectivity index (χ3n) is 5.36. The molecule has 4 rings (SSSR count). The second-order valence-corrected chi connectivity index (χ2v) is 8.63. The summed E-state index contributed by atoms with van der Waals surface area (Å²) in [5, 5.41) is 6.31. The van der Waals surface area contributed by atoms with Crippen molar-refractivity contribution >= 4 is 28.2 Å². The van der Waals surface area contributed by atoms with Crippen LogP contribution in [0.4, 0.5) is 9.39 Å². The minimum absolute atomic E-state index is 0.0210. The number of para-hydroxylation sites is 1. The van der Waals surface area contributed by atoms with Crippen LogP contribution in [-0.4, -0.2) is 37.7 Å². The summed E-state index contributed by atoms with van der Waals surface area (Å²) >= 11 is 1.45. The lowest BCUT2D eigenvalue weighted by molar-refractivity contribution is -0.118. The van der Waals surface area contributed by atoms with Gasteiger partial charge in [0.1, 0.15) is 5.00 Å². The summed E-state index contributed by atoms with van der Waals surface area (Å²) in [6, 6.07) is 5.94. The van der Waals surface area contributed by atoms with Crippen LogP contribution in [0.3, 0.4) is 0 Å². The molecule has 2 N–H and O–H groups in total. The second-order valence-electron chi connectivity index (χ2n) is 7.53. The Morgan fingerprint density at radius 1 is 1.20 bits per heavy atom. The number of rotatable bonds is 7. The topological polar surface area (TPSA) is 76.7 Å². The molecule has 1 aliphatic heterocycles. The van der Waals surface area contributed by atoms with Crippen molar-refractivity contribution in [3.63, 3.8) is 0 Å². The van der Waals surface area contributed by atoms with Crippen LogP contribution < -0.4 is 15.4 Å². The fraction of sp³-hybridized carbons (Fsp3) is 0.455.